The molecule has 1 fully saturated rings. The number of hydrogen-bond donors (Lipinski definition) is 3. The van der Waals surface area contributed by atoms with E-state index in [1.165, 1.54) is 6.07 Å². The first-order chi connectivity index (χ1) is 14.5. The number of hydrogen-bond acceptors (Lipinski definition) is 5. The van der Waals surface area contributed by atoms with Gasteiger partial charge in [-0.05, 0) is 25.0 Å². The topological polar surface area (TPSA) is 120 Å². The number of nitrogens with one attached hydrogen (secondary N) is 3. The zero-order chi connectivity index (χ0) is 21.1. The third-order valence-corrected chi connectivity index (χ3v) is 5.40. The Bertz CT molecular complexity index is 1040. The second-order valence-electron chi connectivity index (χ2n) is 7.55. The summed E-state index contributed by atoms with van der Waals surface area (Å²) in [5, 5.41) is 13.1. The minimum absolute atomic E-state index is 0.183. The SMILES string of the molecule is Cc1n[nH]nc1C(=O)N1CC(Cc2ccccc2F)(C(=O)NCCc2cnc[nH]2)C1. The quantitative estimate of drug-likeness (QED) is 0.536. The lowest BCUT2D eigenvalue weighted by atomic mass is 9.73. The van der Waals surface area contributed by atoms with Crippen molar-refractivity contribution in [3.8, 4) is 0 Å². The van der Waals surface area contributed by atoms with Crippen molar-refractivity contribution in [2.24, 2.45) is 5.41 Å². The fourth-order valence-corrected chi connectivity index (χ4v) is 3.73. The van der Waals surface area contributed by atoms with Crippen LogP contribution in [0.4, 0.5) is 4.39 Å². The number of aryl methyl sites for hydroxylation is 1. The van der Waals surface area contributed by atoms with E-state index in [0.717, 1.165) is 5.69 Å². The second kappa shape index (κ2) is 8.05. The molecule has 1 aliphatic heterocycles. The fraction of sp³-hybridized carbons (Fsp3) is 0.350. The van der Waals surface area contributed by atoms with Crippen LogP contribution in [0.1, 0.15) is 27.4 Å². The Kier molecular flexibility index (Phi) is 5.30. The molecular formula is C20H22FN7O2. The van der Waals surface area contributed by atoms with Crippen LogP contribution in [0.2, 0.25) is 0 Å². The first-order valence-corrected chi connectivity index (χ1v) is 9.64. The summed E-state index contributed by atoms with van der Waals surface area (Å²) in [4.78, 5) is 34.3. The van der Waals surface area contributed by atoms with E-state index < -0.39 is 5.41 Å². The van der Waals surface area contributed by atoms with E-state index in [0.29, 0.717) is 24.2 Å². The summed E-state index contributed by atoms with van der Waals surface area (Å²) in [5.41, 5.74) is 1.18. The first kappa shape index (κ1) is 19.7. The maximum absolute atomic E-state index is 14.3. The summed E-state index contributed by atoms with van der Waals surface area (Å²) in [7, 11) is 0. The molecule has 0 bridgehead atoms. The Morgan fingerprint density at radius 2 is 2.07 bits per heavy atom. The van der Waals surface area contributed by atoms with E-state index in [1.807, 2.05) is 0 Å². The molecule has 10 heteroatoms. The van der Waals surface area contributed by atoms with Crippen molar-refractivity contribution in [3.05, 3.63) is 65.3 Å². The number of aromatic amines is 2. The number of benzene rings is 1. The van der Waals surface area contributed by atoms with E-state index in [9.17, 15) is 14.0 Å². The highest BCUT2D eigenvalue weighted by Gasteiger charge is 2.51. The summed E-state index contributed by atoms with van der Waals surface area (Å²) in [5.74, 6) is -0.860. The van der Waals surface area contributed by atoms with Gasteiger partial charge >= 0.3 is 0 Å². The standard InChI is InChI=1S/C20H22FN7O2/c1-13-17(26-27-25-13)18(29)28-10-20(11-28,8-14-4-2-3-5-16(14)21)19(30)23-7-6-15-9-22-12-24-15/h2-5,9,12H,6-8,10-11H2,1H3,(H,22,24)(H,23,30)(H,25,26,27). The van der Waals surface area contributed by atoms with Gasteiger partial charge in [0.15, 0.2) is 5.69 Å². The Balaban J connectivity index is 1.48. The van der Waals surface area contributed by atoms with Gasteiger partial charge in [0.1, 0.15) is 5.82 Å². The van der Waals surface area contributed by atoms with Crippen molar-refractivity contribution in [2.45, 2.75) is 19.8 Å². The largest absolute Gasteiger partial charge is 0.355 e. The maximum atomic E-state index is 14.3. The van der Waals surface area contributed by atoms with Gasteiger partial charge in [-0.25, -0.2) is 9.37 Å². The van der Waals surface area contributed by atoms with Crippen LogP contribution in [-0.2, 0) is 17.6 Å². The van der Waals surface area contributed by atoms with Crippen molar-refractivity contribution >= 4 is 11.8 Å². The molecule has 0 atom stereocenters. The minimum Gasteiger partial charge on any atom is -0.355 e. The zero-order valence-corrected chi connectivity index (χ0v) is 16.5. The molecule has 3 heterocycles. The molecule has 1 saturated heterocycles. The second-order valence-corrected chi connectivity index (χ2v) is 7.55. The van der Waals surface area contributed by atoms with Crippen LogP contribution in [0.5, 0.6) is 0 Å². The van der Waals surface area contributed by atoms with Crippen molar-refractivity contribution in [1.29, 1.82) is 0 Å². The molecule has 0 spiro atoms. The van der Waals surface area contributed by atoms with Gasteiger partial charge < -0.3 is 15.2 Å². The number of imidazole rings is 1. The van der Waals surface area contributed by atoms with Crippen LogP contribution < -0.4 is 5.32 Å². The number of aromatic nitrogens is 5. The van der Waals surface area contributed by atoms with Gasteiger partial charge in [0.2, 0.25) is 5.91 Å². The summed E-state index contributed by atoms with van der Waals surface area (Å²) in [6, 6.07) is 6.39. The van der Waals surface area contributed by atoms with Crippen molar-refractivity contribution in [2.75, 3.05) is 19.6 Å². The fourth-order valence-electron chi connectivity index (χ4n) is 3.73. The Hall–Kier alpha value is -3.56. The molecule has 2 aromatic heterocycles. The average Bonchev–Trinajstić information content (AvgIpc) is 3.37. The lowest BCUT2D eigenvalue weighted by Crippen LogP contribution is -2.65. The molecule has 156 valence electrons. The summed E-state index contributed by atoms with van der Waals surface area (Å²) >= 11 is 0. The molecule has 0 unspecified atom stereocenters. The molecular weight excluding hydrogens is 389 g/mol. The van der Waals surface area contributed by atoms with Crippen LogP contribution in [0.15, 0.2) is 36.8 Å². The van der Waals surface area contributed by atoms with Crippen molar-refractivity contribution < 1.29 is 14.0 Å². The Labute approximate surface area is 172 Å². The Morgan fingerprint density at radius 1 is 1.27 bits per heavy atom. The Morgan fingerprint density at radius 3 is 2.73 bits per heavy atom. The smallest absolute Gasteiger partial charge is 0.276 e. The number of halogens is 1. The number of carbonyl (C=O) groups is 2. The normalized spacial score (nSPS) is 14.9. The van der Waals surface area contributed by atoms with E-state index in [4.69, 9.17) is 0 Å². The predicted octanol–water partition coefficient (Wildman–Crippen LogP) is 1.02. The lowest BCUT2D eigenvalue weighted by molar-refractivity contribution is -0.139. The van der Waals surface area contributed by atoms with Gasteiger partial charge in [0.05, 0.1) is 17.4 Å². The maximum Gasteiger partial charge on any atom is 0.276 e. The molecule has 3 N–H and O–H groups in total. The molecule has 9 nitrogen and oxygen atoms in total. The predicted molar refractivity (Wildman–Crippen MR) is 105 cm³/mol. The van der Waals surface area contributed by atoms with E-state index >= 15 is 0 Å². The first-order valence-electron chi connectivity index (χ1n) is 9.64. The van der Waals surface area contributed by atoms with Crippen LogP contribution in [0.3, 0.4) is 0 Å². The summed E-state index contributed by atoms with van der Waals surface area (Å²) in [6.45, 7) is 2.46. The minimum atomic E-state index is -0.899. The molecule has 1 aromatic carbocycles. The molecule has 0 aliphatic carbocycles. The van der Waals surface area contributed by atoms with Crippen LogP contribution in [0, 0.1) is 18.2 Å². The van der Waals surface area contributed by atoms with Crippen LogP contribution in [-0.4, -0.2) is 61.7 Å². The zero-order valence-electron chi connectivity index (χ0n) is 16.5. The summed E-state index contributed by atoms with van der Waals surface area (Å²) in [6.07, 6.45) is 4.09. The van der Waals surface area contributed by atoms with E-state index in [-0.39, 0.29) is 42.8 Å². The molecule has 30 heavy (non-hydrogen) atoms. The van der Waals surface area contributed by atoms with Gasteiger partial charge in [0, 0.05) is 37.9 Å². The van der Waals surface area contributed by atoms with Crippen LogP contribution in [0.25, 0.3) is 0 Å². The van der Waals surface area contributed by atoms with Gasteiger partial charge in [-0.2, -0.15) is 15.4 Å². The lowest BCUT2D eigenvalue weighted by Gasteiger charge is -2.48. The number of likely N-dealkylation sites (tertiary alicyclic amines) is 1. The number of carbonyl (C=O) groups excluding carboxylic acids is 2. The van der Waals surface area contributed by atoms with Gasteiger partial charge in [-0.15, -0.1) is 0 Å². The third-order valence-electron chi connectivity index (χ3n) is 5.40. The highest BCUT2D eigenvalue weighted by Crippen LogP contribution is 2.36. The van der Waals surface area contributed by atoms with Gasteiger partial charge in [-0.1, -0.05) is 18.2 Å². The molecule has 0 radical (unpaired) electrons. The average molecular weight is 411 g/mol. The molecule has 4 rings (SSSR count). The molecule has 1 aliphatic rings. The van der Waals surface area contributed by atoms with E-state index in [2.05, 4.69) is 30.7 Å². The van der Waals surface area contributed by atoms with Crippen LogP contribution >= 0.6 is 0 Å². The highest BCUT2D eigenvalue weighted by atomic mass is 19.1. The van der Waals surface area contributed by atoms with Gasteiger partial charge in [0.25, 0.3) is 5.91 Å². The van der Waals surface area contributed by atoms with Crippen molar-refractivity contribution in [3.63, 3.8) is 0 Å². The highest BCUT2D eigenvalue weighted by molar-refractivity contribution is 5.96. The van der Waals surface area contributed by atoms with Crippen molar-refractivity contribution in [1.82, 2.24) is 35.6 Å². The monoisotopic (exact) mass is 411 g/mol. The number of H-pyrrole nitrogens is 2. The number of rotatable bonds is 7. The number of nitrogens with zero attached hydrogens (tertiary/aromatic N) is 4. The molecule has 3 aromatic rings. The third kappa shape index (κ3) is 3.80. The molecule has 2 amide bonds. The number of amides is 2. The summed E-state index contributed by atoms with van der Waals surface area (Å²) < 4.78 is 14.3. The van der Waals surface area contributed by atoms with Gasteiger partial charge in [-0.3, -0.25) is 9.59 Å². The molecule has 0 saturated carbocycles. The van der Waals surface area contributed by atoms with E-state index in [1.54, 1.807) is 42.5 Å².